The first kappa shape index (κ1) is 16.9. The highest BCUT2D eigenvalue weighted by atomic mass is 16.8. The van der Waals surface area contributed by atoms with Crippen LogP contribution < -0.4 is 0 Å². The fourth-order valence-electron chi connectivity index (χ4n) is 3.22. The van der Waals surface area contributed by atoms with Crippen LogP contribution in [0.1, 0.15) is 13.8 Å². The quantitative estimate of drug-likeness (QED) is 0.524. The number of hydrogen-bond acceptors (Lipinski definition) is 7. The summed E-state index contributed by atoms with van der Waals surface area (Å²) in [5, 5.41) is 9.60. The molecule has 0 N–H and O–H groups in total. The molecule has 0 aromatic rings. The number of nitriles is 1. The van der Waals surface area contributed by atoms with E-state index in [9.17, 15) is 10.1 Å². The van der Waals surface area contributed by atoms with E-state index in [1.807, 2.05) is 6.07 Å². The van der Waals surface area contributed by atoms with Crippen LogP contribution in [0.3, 0.4) is 0 Å². The van der Waals surface area contributed by atoms with E-state index in [1.54, 1.807) is 13.8 Å². The van der Waals surface area contributed by atoms with Gasteiger partial charge in [0, 0.05) is 28.4 Å². The van der Waals surface area contributed by atoms with E-state index in [4.69, 9.17) is 23.7 Å². The fourth-order valence-corrected chi connectivity index (χ4v) is 3.22. The number of ether oxygens (including phenoxy) is 5. The lowest BCUT2D eigenvalue weighted by atomic mass is 9.51. The molecular formula is C13H21NO6. The minimum Gasteiger partial charge on any atom is -0.465 e. The molecule has 0 aliphatic heterocycles. The van der Waals surface area contributed by atoms with Gasteiger partial charge >= 0.3 is 5.97 Å². The van der Waals surface area contributed by atoms with Crippen LogP contribution in [0.2, 0.25) is 0 Å². The van der Waals surface area contributed by atoms with E-state index >= 15 is 0 Å². The predicted octanol–water partition coefficient (Wildman–Crippen LogP) is 0.687. The third kappa shape index (κ3) is 1.50. The van der Waals surface area contributed by atoms with Crippen molar-refractivity contribution in [3.8, 4) is 6.07 Å². The van der Waals surface area contributed by atoms with Gasteiger partial charge in [-0.15, -0.1) is 0 Å². The number of carbonyl (C=O) groups excluding carboxylic acids is 1. The summed E-state index contributed by atoms with van der Waals surface area (Å²) < 4.78 is 26.5. The van der Waals surface area contributed by atoms with Gasteiger partial charge in [0.25, 0.3) is 5.79 Å². The topological polar surface area (TPSA) is 87.0 Å². The van der Waals surface area contributed by atoms with Crippen molar-refractivity contribution in [2.24, 2.45) is 11.3 Å². The average Bonchev–Trinajstić information content (AvgIpc) is 2.46. The lowest BCUT2D eigenvalue weighted by Gasteiger charge is -2.65. The van der Waals surface area contributed by atoms with E-state index < -0.39 is 28.9 Å². The van der Waals surface area contributed by atoms with Crippen LogP contribution >= 0.6 is 0 Å². The largest absolute Gasteiger partial charge is 0.465 e. The molecular weight excluding hydrogens is 266 g/mol. The molecule has 114 valence electrons. The molecule has 7 heteroatoms. The molecule has 0 aromatic heterocycles. The van der Waals surface area contributed by atoms with E-state index in [0.29, 0.717) is 0 Å². The van der Waals surface area contributed by atoms with Gasteiger partial charge in [-0.1, -0.05) is 6.92 Å². The van der Waals surface area contributed by atoms with Gasteiger partial charge in [0.1, 0.15) is 0 Å². The average molecular weight is 287 g/mol. The number of rotatable bonds is 6. The zero-order chi connectivity index (χ0) is 15.6. The monoisotopic (exact) mass is 287 g/mol. The van der Waals surface area contributed by atoms with Crippen molar-refractivity contribution in [1.82, 2.24) is 0 Å². The van der Waals surface area contributed by atoms with E-state index in [1.165, 1.54) is 28.4 Å². The molecule has 1 aliphatic rings. The smallest absolute Gasteiger partial charge is 0.332 e. The van der Waals surface area contributed by atoms with Gasteiger partial charge in [-0.25, -0.2) is 0 Å². The van der Waals surface area contributed by atoms with Gasteiger partial charge in [0.05, 0.1) is 18.6 Å². The second kappa shape index (κ2) is 5.66. The number of methoxy groups -OCH3 is 4. The maximum Gasteiger partial charge on any atom is 0.332 e. The number of carbonyl (C=O) groups is 1. The maximum atomic E-state index is 12.3. The Labute approximate surface area is 118 Å². The van der Waals surface area contributed by atoms with E-state index in [0.717, 1.165) is 0 Å². The van der Waals surface area contributed by atoms with Crippen LogP contribution in [-0.4, -0.2) is 52.6 Å². The highest BCUT2D eigenvalue weighted by Crippen LogP contribution is 2.65. The van der Waals surface area contributed by atoms with Crippen molar-refractivity contribution in [3.05, 3.63) is 0 Å². The molecule has 0 spiro atoms. The van der Waals surface area contributed by atoms with Gasteiger partial charge in [0.2, 0.25) is 11.2 Å². The molecule has 0 aromatic carbocycles. The molecule has 7 nitrogen and oxygen atoms in total. The Balaban J connectivity index is 3.47. The molecule has 1 saturated carbocycles. The molecule has 0 unspecified atom stereocenters. The summed E-state index contributed by atoms with van der Waals surface area (Å²) in [6.07, 6.45) is 0. The summed E-state index contributed by atoms with van der Waals surface area (Å²) in [6.45, 7) is 3.46. The Hall–Kier alpha value is -1.20. The zero-order valence-electron chi connectivity index (χ0n) is 12.7. The Morgan fingerprint density at radius 3 is 1.95 bits per heavy atom. The lowest BCUT2D eigenvalue weighted by Crippen LogP contribution is -2.85. The molecule has 0 heterocycles. The van der Waals surface area contributed by atoms with Crippen molar-refractivity contribution in [2.75, 3.05) is 35.0 Å². The molecule has 2 atom stereocenters. The molecule has 0 radical (unpaired) electrons. The Kier molecular flexibility index (Phi) is 4.77. The van der Waals surface area contributed by atoms with Gasteiger partial charge in [0.15, 0.2) is 0 Å². The third-order valence-electron chi connectivity index (χ3n) is 4.15. The second-order valence-corrected chi connectivity index (χ2v) is 4.46. The molecule has 1 rings (SSSR count). The first-order chi connectivity index (χ1) is 9.44. The van der Waals surface area contributed by atoms with Gasteiger partial charge in [-0.3, -0.25) is 4.79 Å². The SMILES string of the molecule is CCOC(=O)[C@@]1(C#N)[C@H](C)C(OC)(OC)C1(OC)OC. The normalized spacial score (nSPS) is 30.1. The van der Waals surface area contributed by atoms with E-state index in [2.05, 4.69) is 0 Å². The Morgan fingerprint density at radius 1 is 1.15 bits per heavy atom. The van der Waals surface area contributed by atoms with Crippen LogP contribution in [0.25, 0.3) is 0 Å². The molecule has 20 heavy (non-hydrogen) atoms. The third-order valence-corrected chi connectivity index (χ3v) is 4.15. The van der Waals surface area contributed by atoms with Gasteiger partial charge in [-0.05, 0) is 6.92 Å². The predicted molar refractivity (Wildman–Crippen MR) is 67.3 cm³/mol. The molecule has 0 amide bonds. The second-order valence-electron chi connectivity index (χ2n) is 4.46. The molecule has 0 bridgehead atoms. The van der Waals surface area contributed by atoms with Crippen LogP contribution in [0.4, 0.5) is 0 Å². The van der Waals surface area contributed by atoms with Crippen molar-refractivity contribution in [2.45, 2.75) is 25.4 Å². The number of hydrogen-bond donors (Lipinski definition) is 0. The van der Waals surface area contributed by atoms with Crippen molar-refractivity contribution >= 4 is 5.97 Å². The summed E-state index contributed by atoms with van der Waals surface area (Å²) >= 11 is 0. The standard InChI is InChI=1S/C13H21NO6/c1-7-20-10(15)11(8-14)9(2)12(16-3,17-4)13(11,18-5)19-6/h9H,7H2,1-6H3/t9-,11+/m0/s1. The maximum absolute atomic E-state index is 12.3. The first-order valence-corrected chi connectivity index (χ1v) is 6.23. The fraction of sp³-hybridized carbons (Fsp3) is 0.846. The lowest BCUT2D eigenvalue weighted by molar-refractivity contribution is -0.497. The molecule has 1 aliphatic carbocycles. The summed E-state index contributed by atoms with van der Waals surface area (Å²) in [5.41, 5.74) is -1.67. The van der Waals surface area contributed by atoms with Crippen LogP contribution in [0, 0.1) is 22.7 Å². The van der Waals surface area contributed by atoms with E-state index in [-0.39, 0.29) is 6.61 Å². The van der Waals surface area contributed by atoms with Crippen LogP contribution in [0.15, 0.2) is 0 Å². The highest BCUT2D eigenvalue weighted by Gasteiger charge is 2.87. The molecule has 0 saturated heterocycles. The number of nitrogens with zero attached hydrogens (tertiary/aromatic N) is 1. The molecule has 1 fully saturated rings. The summed E-state index contributed by atoms with van der Waals surface area (Å²) in [4.78, 5) is 12.3. The minimum absolute atomic E-state index is 0.144. The van der Waals surface area contributed by atoms with Crippen molar-refractivity contribution in [1.29, 1.82) is 5.26 Å². The van der Waals surface area contributed by atoms with Crippen molar-refractivity contribution < 1.29 is 28.5 Å². The first-order valence-electron chi connectivity index (χ1n) is 6.23. The van der Waals surface area contributed by atoms with Crippen LogP contribution in [-0.2, 0) is 28.5 Å². The minimum atomic E-state index is -1.70. The van der Waals surface area contributed by atoms with Crippen molar-refractivity contribution in [3.63, 3.8) is 0 Å². The number of esters is 1. The Morgan fingerprint density at radius 2 is 1.65 bits per heavy atom. The summed E-state index contributed by atoms with van der Waals surface area (Å²) in [5.74, 6) is -4.44. The van der Waals surface area contributed by atoms with Crippen LogP contribution in [0.5, 0.6) is 0 Å². The highest BCUT2D eigenvalue weighted by molar-refractivity contribution is 5.84. The van der Waals surface area contributed by atoms with Gasteiger partial charge in [-0.2, -0.15) is 5.26 Å². The Bertz CT molecular complexity index is 410. The zero-order valence-corrected chi connectivity index (χ0v) is 12.7. The summed E-state index contributed by atoms with van der Waals surface area (Å²) in [7, 11) is 5.46. The van der Waals surface area contributed by atoms with Gasteiger partial charge < -0.3 is 23.7 Å². The summed E-state index contributed by atoms with van der Waals surface area (Å²) in [6, 6.07) is 1.98.